The molecule has 0 spiro atoms. The zero-order valence-electron chi connectivity index (χ0n) is 18.5. The summed E-state index contributed by atoms with van der Waals surface area (Å²) in [6, 6.07) is 16.4. The van der Waals surface area contributed by atoms with Gasteiger partial charge in [0.2, 0.25) is 5.91 Å². The average molecular weight is 419 g/mol. The van der Waals surface area contributed by atoms with Crippen molar-refractivity contribution in [1.29, 1.82) is 0 Å². The standard InChI is InChI=1S/C25H30N4O2/c1-18-9-10-22(15-19(18)2)23-16-24(21-7-5-4-6-8-21)29(26-23)25(31)17-27-11-13-28(14-12-27)20(3)30/h4-10,15,24H,11-14,16-17H2,1-3H3. The summed E-state index contributed by atoms with van der Waals surface area (Å²) in [5.74, 6) is 0.0984. The molecule has 1 unspecified atom stereocenters. The number of aryl methyl sites for hydroxylation is 2. The van der Waals surface area contributed by atoms with Crippen molar-refractivity contribution in [2.45, 2.75) is 33.2 Å². The van der Waals surface area contributed by atoms with Crippen LogP contribution in [0.15, 0.2) is 53.6 Å². The largest absolute Gasteiger partial charge is 0.340 e. The third-order valence-electron chi connectivity index (χ3n) is 6.37. The fourth-order valence-corrected chi connectivity index (χ4v) is 4.26. The van der Waals surface area contributed by atoms with Gasteiger partial charge in [-0.25, -0.2) is 5.01 Å². The molecule has 0 bridgehead atoms. The second kappa shape index (κ2) is 9.02. The Morgan fingerprint density at radius 2 is 1.68 bits per heavy atom. The smallest absolute Gasteiger partial charge is 0.257 e. The molecule has 2 aromatic rings. The van der Waals surface area contributed by atoms with E-state index in [2.05, 4.69) is 49.1 Å². The van der Waals surface area contributed by atoms with Crippen molar-refractivity contribution in [3.63, 3.8) is 0 Å². The van der Waals surface area contributed by atoms with E-state index in [1.165, 1.54) is 11.1 Å². The van der Waals surface area contributed by atoms with Crippen LogP contribution in [0.1, 0.15) is 41.6 Å². The third kappa shape index (κ3) is 4.69. The number of carbonyl (C=O) groups is 2. The summed E-state index contributed by atoms with van der Waals surface area (Å²) >= 11 is 0. The minimum atomic E-state index is -0.0937. The van der Waals surface area contributed by atoms with Gasteiger partial charge in [0.15, 0.2) is 0 Å². The summed E-state index contributed by atoms with van der Waals surface area (Å²) in [6.45, 7) is 8.88. The van der Waals surface area contributed by atoms with Crippen molar-refractivity contribution in [2.24, 2.45) is 5.10 Å². The topological polar surface area (TPSA) is 56.2 Å². The molecule has 0 N–H and O–H groups in total. The van der Waals surface area contributed by atoms with Gasteiger partial charge in [-0.1, -0.05) is 42.5 Å². The van der Waals surface area contributed by atoms with Crippen LogP contribution in [0.4, 0.5) is 0 Å². The molecule has 31 heavy (non-hydrogen) atoms. The average Bonchev–Trinajstić information content (AvgIpc) is 3.22. The van der Waals surface area contributed by atoms with Crippen LogP contribution in [-0.4, -0.2) is 65.1 Å². The first-order valence-electron chi connectivity index (χ1n) is 10.9. The minimum absolute atomic E-state index is 0.00367. The Balaban J connectivity index is 1.54. The van der Waals surface area contributed by atoms with Crippen LogP contribution < -0.4 is 0 Å². The highest BCUT2D eigenvalue weighted by Crippen LogP contribution is 2.33. The van der Waals surface area contributed by atoms with Crippen LogP contribution in [0, 0.1) is 13.8 Å². The van der Waals surface area contributed by atoms with E-state index in [0.29, 0.717) is 39.1 Å². The zero-order valence-corrected chi connectivity index (χ0v) is 18.5. The molecule has 162 valence electrons. The number of rotatable bonds is 4. The minimum Gasteiger partial charge on any atom is -0.340 e. The Morgan fingerprint density at radius 3 is 2.32 bits per heavy atom. The lowest BCUT2D eigenvalue weighted by Crippen LogP contribution is -2.50. The molecule has 2 aliphatic heterocycles. The lowest BCUT2D eigenvalue weighted by atomic mass is 9.96. The van der Waals surface area contributed by atoms with Crippen LogP contribution in [0.5, 0.6) is 0 Å². The number of hydrazone groups is 1. The fraction of sp³-hybridized carbons (Fsp3) is 0.400. The number of piperazine rings is 1. The van der Waals surface area contributed by atoms with Gasteiger partial charge in [0.25, 0.3) is 5.91 Å². The van der Waals surface area contributed by atoms with Gasteiger partial charge in [0, 0.05) is 39.5 Å². The summed E-state index contributed by atoms with van der Waals surface area (Å²) in [6.07, 6.45) is 0.705. The molecule has 1 atom stereocenters. The second-order valence-corrected chi connectivity index (χ2v) is 8.50. The Kier molecular flexibility index (Phi) is 6.18. The fourth-order valence-electron chi connectivity index (χ4n) is 4.26. The summed E-state index contributed by atoms with van der Waals surface area (Å²) in [7, 11) is 0. The molecular weight excluding hydrogens is 388 g/mol. The van der Waals surface area contributed by atoms with Crippen molar-refractivity contribution < 1.29 is 9.59 Å². The molecule has 0 radical (unpaired) electrons. The van der Waals surface area contributed by atoms with Gasteiger partial charge in [0.1, 0.15) is 0 Å². The van der Waals surface area contributed by atoms with Crippen LogP contribution in [0.3, 0.4) is 0 Å². The maximum Gasteiger partial charge on any atom is 0.257 e. The first kappa shape index (κ1) is 21.2. The van der Waals surface area contributed by atoms with Crippen molar-refractivity contribution >= 4 is 17.5 Å². The van der Waals surface area contributed by atoms with E-state index in [9.17, 15) is 9.59 Å². The molecule has 1 saturated heterocycles. The predicted octanol–water partition coefficient (Wildman–Crippen LogP) is 3.15. The molecule has 2 aromatic carbocycles. The summed E-state index contributed by atoms with van der Waals surface area (Å²) in [4.78, 5) is 28.8. The maximum atomic E-state index is 13.3. The number of hydrogen-bond acceptors (Lipinski definition) is 4. The van der Waals surface area contributed by atoms with Crippen LogP contribution >= 0.6 is 0 Å². The Hall–Kier alpha value is -2.99. The van der Waals surface area contributed by atoms with Crippen molar-refractivity contribution in [2.75, 3.05) is 32.7 Å². The Labute approximate surface area is 184 Å². The van der Waals surface area contributed by atoms with E-state index >= 15 is 0 Å². The lowest BCUT2D eigenvalue weighted by molar-refractivity contribution is -0.135. The molecule has 4 rings (SSSR count). The summed E-state index contributed by atoms with van der Waals surface area (Å²) in [5.41, 5.74) is 5.60. The Bertz CT molecular complexity index is 994. The SMILES string of the molecule is CC(=O)N1CCN(CC(=O)N2N=C(c3ccc(C)c(C)c3)CC2c2ccccc2)CC1. The molecule has 2 aliphatic rings. The van der Waals surface area contributed by atoms with Crippen molar-refractivity contribution in [3.05, 3.63) is 70.8 Å². The number of amides is 2. The molecule has 2 heterocycles. The monoisotopic (exact) mass is 418 g/mol. The van der Waals surface area contributed by atoms with Gasteiger partial charge < -0.3 is 4.90 Å². The Morgan fingerprint density at radius 1 is 0.968 bits per heavy atom. The quantitative estimate of drug-likeness (QED) is 0.767. The molecule has 0 aliphatic carbocycles. The molecular formula is C25H30N4O2. The van der Waals surface area contributed by atoms with E-state index < -0.39 is 0 Å². The van der Waals surface area contributed by atoms with Gasteiger partial charge in [-0.05, 0) is 42.2 Å². The number of hydrogen-bond donors (Lipinski definition) is 0. The highest BCUT2D eigenvalue weighted by molar-refractivity contribution is 6.03. The number of nitrogens with zero attached hydrogens (tertiary/aromatic N) is 4. The van der Waals surface area contributed by atoms with Crippen molar-refractivity contribution in [1.82, 2.24) is 14.8 Å². The van der Waals surface area contributed by atoms with Gasteiger partial charge in [-0.2, -0.15) is 5.10 Å². The first-order valence-corrected chi connectivity index (χ1v) is 10.9. The molecule has 6 heteroatoms. The highest BCUT2D eigenvalue weighted by Gasteiger charge is 2.34. The third-order valence-corrected chi connectivity index (χ3v) is 6.37. The lowest BCUT2D eigenvalue weighted by Gasteiger charge is -2.34. The molecule has 6 nitrogen and oxygen atoms in total. The van der Waals surface area contributed by atoms with E-state index in [1.54, 1.807) is 11.9 Å². The number of carbonyl (C=O) groups excluding carboxylic acids is 2. The van der Waals surface area contributed by atoms with E-state index in [0.717, 1.165) is 16.8 Å². The molecule has 2 amide bonds. The van der Waals surface area contributed by atoms with Crippen LogP contribution in [0.25, 0.3) is 0 Å². The van der Waals surface area contributed by atoms with Gasteiger partial charge in [0.05, 0.1) is 18.3 Å². The van der Waals surface area contributed by atoms with Gasteiger partial charge >= 0.3 is 0 Å². The van der Waals surface area contributed by atoms with E-state index in [-0.39, 0.29) is 17.9 Å². The van der Waals surface area contributed by atoms with Crippen molar-refractivity contribution in [3.8, 4) is 0 Å². The summed E-state index contributed by atoms with van der Waals surface area (Å²) in [5, 5.41) is 6.48. The number of benzene rings is 2. The maximum absolute atomic E-state index is 13.3. The molecule has 1 fully saturated rings. The van der Waals surface area contributed by atoms with Crippen LogP contribution in [0.2, 0.25) is 0 Å². The summed E-state index contributed by atoms with van der Waals surface area (Å²) < 4.78 is 0. The van der Waals surface area contributed by atoms with Gasteiger partial charge in [-0.3, -0.25) is 14.5 Å². The predicted molar refractivity (Wildman–Crippen MR) is 122 cm³/mol. The normalized spacial score (nSPS) is 19.5. The first-order chi connectivity index (χ1) is 14.9. The van der Waals surface area contributed by atoms with Gasteiger partial charge in [-0.15, -0.1) is 0 Å². The molecule has 0 aromatic heterocycles. The van der Waals surface area contributed by atoms with Crippen LogP contribution in [-0.2, 0) is 9.59 Å². The second-order valence-electron chi connectivity index (χ2n) is 8.50. The molecule has 0 saturated carbocycles. The zero-order chi connectivity index (χ0) is 22.0. The van der Waals surface area contributed by atoms with E-state index in [4.69, 9.17) is 5.10 Å². The highest BCUT2D eigenvalue weighted by atomic mass is 16.2. The van der Waals surface area contributed by atoms with E-state index in [1.807, 2.05) is 23.1 Å².